The third-order valence-corrected chi connectivity index (χ3v) is 7.58. The summed E-state index contributed by atoms with van der Waals surface area (Å²) in [5, 5.41) is 4.54. The average Bonchev–Trinajstić information content (AvgIpc) is 3.13. The first kappa shape index (κ1) is 23.2. The Bertz CT molecular complexity index is 1260. The molecule has 3 aromatic carbocycles. The van der Waals surface area contributed by atoms with Gasteiger partial charge < -0.3 is 4.90 Å². The predicted molar refractivity (Wildman–Crippen MR) is 144 cm³/mol. The maximum atomic E-state index is 6.74. The van der Waals surface area contributed by atoms with E-state index in [2.05, 4.69) is 94.3 Å². The fourth-order valence-corrected chi connectivity index (χ4v) is 5.13. The van der Waals surface area contributed by atoms with E-state index in [-0.39, 0.29) is 10.8 Å². The summed E-state index contributed by atoms with van der Waals surface area (Å²) in [4.78, 5) is 2.23. The highest BCUT2D eigenvalue weighted by molar-refractivity contribution is 7.17. The van der Waals surface area contributed by atoms with Gasteiger partial charge in [-0.2, -0.15) is 0 Å². The van der Waals surface area contributed by atoms with Gasteiger partial charge in [-0.3, -0.25) is 0 Å². The van der Waals surface area contributed by atoms with Gasteiger partial charge in [-0.15, -0.1) is 11.3 Å². The van der Waals surface area contributed by atoms with Crippen molar-refractivity contribution in [1.82, 2.24) is 0 Å². The molecule has 4 heteroatoms. The quantitative estimate of drug-likeness (QED) is 0.281. The third-order valence-electron chi connectivity index (χ3n) is 5.82. The Labute approximate surface area is 205 Å². The van der Waals surface area contributed by atoms with Gasteiger partial charge in [-0.05, 0) is 58.4 Å². The van der Waals surface area contributed by atoms with Gasteiger partial charge >= 0.3 is 0 Å². The molecule has 0 radical (unpaired) electrons. The molecule has 0 aliphatic rings. The third kappa shape index (κ3) is 4.41. The molecule has 0 amide bonds. The van der Waals surface area contributed by atoms with Crippen LogP contribution in [0, 0.1) is 0 Å². The zero-order chi connectivity index (χ0) is 23.3. The normalized spacial score (nSPS) is 12.4. The number of halogens is 2. The van der Waals surface area contributed by atoms with Gasteiger partial charge in [-0.1, -0.05) is 89.0 Å². The fraction of sp³-hybridized carbons (Fsp3) is 0.286. The van der Waals surface area contributed by atoms with Gasteiger partial charge in [0, 0.05) is 21.2 Å². The van der Waals surface area contributed by atoms with Crippen molar-refractivity contribution in [3.8, 4) is 0 Å². The van der Waals surface area contributed by atoms with Crippen LogP contribution in [-0.4, -0.2) is 0 Å². The maximum absolute atomic E-state index is 6.74. The number of hydrogen-bond donors (Lipinski definition) is 0. The summed E-state index contributed by atoms with van der Waals surface area (Å²) < 4.78 is 1.25. The molecule has 1 aromatic heterocycles. The molecule has 0 atom stereocenters. The Morgan fingerprint density at radius 3 is 1.97 bits per heavy atom. The lowest BCUT2D eigenvalue weighted by atomic mass is 9.86. The molecule has 0 fully saturated rings. The molecule has 0 aliphatic carbocycles. The van der Waals surface area contributed by atoms with Gasteiger partial charge in [0.05, 0.1) is 21.4 Å². The topological polar surface area (TPSA) is 3.24 Å². The molecule has 4 aromatic rings. The van der Waals surface area contributed by atoms with Gasteiger partial charge in [0.15, 0.2) is 0 Å². The summed E-state index contributed by atoms with van der Waals surface area (Å²) in [5.41, 5.74) is 5.82. The summed E-state index contributed by atoms with van der Waals surface area (Å²) in [7, 11) is 0. The summed E-state index contributed by atoms with van der Waals surface area (Å²) in [6.45, 7) is 13.4. The van der Waals surface area contributed by atoms with Crippen molar-refractivity contribution in [2.45, 2.75) is 52.4 Å². The molecule has 0 saturated heterocycles. The van der Waals surface area contributed by atoms with Gasteiger partial charge in [0.2, 0.25) is 0 Å². The Kier molecular flexibility index (Phi) is 6.09. The minimum absolute atomic E-state index is 0.0697. The van der Waals surface area contributed by atoms with E-state index >= 15 is 0 Å². The average molecular weight is 483 g/mol. The SMILES string of the molecule is CC(C)(C)c1ccc(N(c2cccc(Cl)c2Cl)c2csc3ccc(C(C)(C)C)cc23)cc1. The Morgan fingerprint density at radius 1 is 0.719 bits per heavy atom. The van der Waals surface area contributed by atoms with Crippen LogP contribution in [-0.2, 0) is 10.8 Å². The van der Waals surface area contributed by atoms with Crippen LogP contribution >= 0.6 is 34.5 Å². The van der Waals surface area contributed by atoms with Crippen molar-refractivity contribution in [2.24, 2.45) is 0 Å². The Morgan fingerprint density at radius 2 is 1.34 bits per heavy atom. The second-order valence-corrected chi connectivity index (χ2v) is 12.0. The van der Waals surface area contributed by atoms with Gasteiger partial charge in [-0.25, -0.2) is 0 Å². The lowest BCUT2D eigenvalue weighted by Crippen LogP contribution is -2.13. The molecule has 1 nitrogen and oxygen atoms in total. The molecule has 0 spiro atoms. The maximum Gasteiger partial charge on any atom is 0.0832 e. The largest absolute Gasteiger partial charge is 0.307 e. The van der Waals surface area contributed by atoms with Crippen LogP contribution in [0.25, 0.3) is 10.1 Å². The standard InChI is InChI=1S/C28H29Cl2NS/c1-27(2,3)18-10-13-20(14-11-18)31(23-9-7-8-22(29)26(23)30)24-17-32-25-15-12-19(16-21(24)25)28(4,5)6/h7-17H,1-6H3. The van der Waals surface area contributed by atoms with E-state index in [1.165, 1.54) is 21.2 Å². The van der Waals surface area contributed by atoms with Gasteiger partial charge in [0.25, 0.3) is 0 Å². The first-order valence-corrected chi connectivity index (χ1v) is 12.5. The van der Waals surface area contributed by atoms with Crippen molar-refractivity contribution in [3.63, 3.8) is 0 Å². The zero-order valence-corrected chi connectivity index (χ0v) is 21.8. The highest BCUT2D eigenvalue weighted by Gasteiger charge is 2.23. The summed E-state index contributed by atoms with van der Waals surface area (Å²) >= 11 is 14.9. The lowest BCUT2D eigenvalue weighted by Gasteiger charge is -2.28. The highest BCUT2D eigenvalue weighted by atomic mass is 35.5. The monoisotopic (exact) mass is 481 g/mol. The first-order valence-electron chi connectivity index (χ1n) is 10.8. The second-order valence-electron chi connectivity index (χ2n) is 10.3. The Balaban J connectivity index is 1.96. The van der Waals surface area contributed by atoms with E-state index < -0.39 is 0 Å². The van der Waals surface area contributed by atoms with Crippen molar-refractivity contribution in [1.29, 1.82) is 0 Å². The fourth-order valence-electron chi connectivity index (χ4n) is 3.84. The molecule has 0 N–H and O–H groups in total. The number of hydrogen-bond acceptors (Lipinski definition) is 2. The van der Waals surface area contributed by atoms with Crippen LogP contribution in [0.3, 0.4) is 0 Å². The van der Waals surface area contributed by atoms with E-state index in [4.69, 9.17) is 23.2 Å². The number of thiophene rings is 1. The predicted octanol–water partition coefficient (Wildman–Crippen LogP) is 10.3. The van der Waals surface area contributed by atoms with Crippen LogP contribution in [0.15, 0.2) is 66.0 Å². The van der Waals surface area contributed by atoms with Crippen molar-refractivity contribution >= 4 is 61.7 Å². The highest BCUT2D eigenvalue weighted by Crippen LogP contribution is 2.46. The van der Waals surface area contributed by atoms with Crippen LogP contribution < -0.4 is 4.90 Å². The van der Waals surface area contributed by atoms with E-state index in [0.717, 1.165) is 17.1 Å². The van der Waals surface area contributed by atoms with Crippen LogP contribution in [0.1, 0.15) is 52.7 Å². The van der Waals surface area contributed by atoms with E-state index in [1.54, 1.807) is 11.3 Å². The number of anilines is 3. The first-order chi connectivity index (χ1) is 15.0. The van der Waals surface area contributed by atoms with E-state index in [0.29, 0.717) is 10.0 Å². The number of benzene rings is 3. The molecule has 0 unspecified atom stereocenters. The minimum atomic E-state index is 0.0697. The van der Waals surface area contributed by atoms with E-state index in [1.807, 2.05) is 18.2 Å². The van der Waals surface area contributed by atoms with Gasteiger partial charge in [0.1, 0.15) is 0 Å². The summed E-state index contributed by atoms with van der Waals surface area (Å²) in [6.07, 6.45) is 0. The van der Waals surface area contributed by atoms with Crippen LogP contribution in [0.5, 0.6) is 0 Å². The molecule has 0 bridgehead atoms. The second kappa shape index (κ2) is 8.41. The molecule has 4 rings (SSSR count). The summed E-state index contributed by atoms with van der Waals surface area (Å²) in [6, 6.07) is 21.4. The van der Waals surface area contributed by atoms with Crippen molar-refractivity contribution in [2.75, 3.05) is 4.90 Å². The lowest BCUT2D eigenvalue weighted by molar-refractivity contribution is 0.590. The zero-order valence-electron chi connectivity index (χ0n) is 19.5. The van der Waals surface area contributed by atoms with E-state index in [9.17, 15) is 0 Å². The van der Waals surface area contributed by atoms with Crippen molar-refractivity contribution in [3.05, 3.63) is 87.2 Å². The molecule has 0 saturated carbocycles. The summed E-state index contributed by atoms with van der Waals surface area (Å²) in [5.74, 6) is 0. The molecule has 166 valence electrons. The number of nitrogens with zero attached hydrogens (tertiary/aromatic N) is 1. The van der Waals surface area contributed by atoms with Crippen molar-refractivity contribution < 1.29 is 0 Å². The van der Waals surface area contributed by atoms with Crippen LogP contribution in [0.4, 0.5) is 17.1 Å². The molecular formula is C28H29Cl2NS. The minimum Gasteiger partial charge on any atom is -0.307 e. The number of rotatable bonds is 3. The molecule has 1 heterocycles. The smallest absolute Gasteiger partial charge is 0.0832 e. The van der Waals surface area contributed by atoms with Crippen LogP contribution in [0.2, 0.25) is 10.0 Å². The Hall–Kier alpha value is -2.00. The number of fused-ring (bicyclic) bond motifs is 1. The molecular weight excluding hydrogens is 453 g/mol. The molecule has 0 aliphatic heterocycles. The molecule has 32 heavy (non-hydrogen) atoms.